The van der Waals surface area contributed by atoms with Crippen LogP contribution in [0.25, 0.3) is 79.0 Å². The van der Waals surface area contributed by atoms with Crippen LogP contribution in [-0.2, 0) is 0 Å². The number of para-hydroxylation sites is 2. The van der Waals surface area contributed by atoms with Crippen LogP contribution in [0.3, 0.4) is 0 Å². The molecule has 3 aromatic heterocycles. The molecule has 1 saturated heterocycles. The molecule has 1 aliphatic heterocycles. The monoisotopic (exact) mass is 768 g/mol. The summed E-state index contributed by atoms with van der Waals surface area (Å²) in [7, 11) is 0. The predicted octanol–water partition coefficient (Wildman–Crippen LogP) is 13.4. The molecule has 4 nitrogen and oxygen atoms in total. The molecule has 4 heterocycles. The van der Waals surface area contributed by atoms with Crippen LogP contribution >= 0.6 is 22.7 Å². The fourth-order valence-electron chi connectivity index (χ4n) is 9.17. The van der Waals surface area contributed by atoms with Gasteiger partial charge in [0.1, 0.15) is 0 Å². The van der Waals surface area contributed by atoms with Crippen LogP contribution in [0, 0.1) is 0 Å². The van der Waals surface area contributed by atoms with E-state index in [4.69, 9.17) is 0 Å². The molecule has 11 aromatic rings. The number of hydrogen-bond donors (Lipinski definition) is 3. The molecule has 12 rings (SSSR count). The summed E-state index contributed by atoms with van der Waals surface area (Å²) >= 11 is 3.81. The molecule has 0 saturated carbocycles. The second-order valence-corrected chi connectivity index (χ2v) is 17.1. The van der Waals surface area contributed by atoms with E-state index in [2.05, 4.69) is 203 Å². The van der Waals surface area contributed by atoms with E-state index < -0.39 is 0 Å². The van der Waals surface area contributed by atoms with E-state index in [1.165, 1.54) is 95.7 Å². The Hall–Kier alpha value is -6.12. The van der Waals surface area contributed by atoms with Crippen molar-refractivity contribution in [1.82, 2.24) is 20.5 Å². The highest BCUT2D eigenvalue weighted by atomic mass is 32.1. The fraction of sp³-hybridized carbons (Fsp3) is 0.0588. The van der Waals surface area contributed by atoms with Crippen molar-refractivity contribution < 1.29 is 0 Å². The van der Waals surface area contributed by atoms with Crippen molar-refractivity contribution in [3.63, 3.8) is 0 Å². The van der Waals surface area contributed by atoms with Crippen molar-refractivity contribution in [3.05, 3.63) is 199 Å². The number of nitrogens with zero attached hydrogens (tertiary/aromatic N) is 1. The van der Waals surface area contributed by atoms with Crippen LogP contribution in [0.1, 0.15) is 35.2 Å². The number of thiophene rings is 2. The van der Waals surface area contributed by atoms with Crippen molar-refractivity contribution in [2.45, 2.75) is 18.5 Å². The number of fused-ring (bicyclic) bond motifs is 9. The average molecular weight is 769 g/mol. The average Bonchev–Trinajstić information content (AvgIpc) is 3.96. The summed E-state index contributed by atoms with van der Waals surface area (Å²) in [5, 5.41) is 19.5. The summed E-state index contributed by atoms with van der Waals surface area (Å²) in [6.45, 7) is 0. The van der Waals surface area contributed by atoms with Gasteiger partial charge in [-0.2, -0.15) is 0 Å². The van der Waals surface area contributed by atoms with E-state index in [-0.39, 0.29) is 18.5 Å². The van der Waals surface area contributed by atoms with E-state index in [0.717, 1.165) is 0 Å². The zero-order valence-electron chi connectivity index (χ0n) is 30.8. The van der Waals surface area contributed by atoms with Gasteiger partial charge in [0.05, 0.1) is 29.5 Å². The van der Waals surface area contributed by atoms with Gasteiger partial charge in [0.2, 0.25) is 0 Å². The van der Waals surface area contributed by atoms with Gasteiger partial charge < -0.3 is 4.57 Å². The van der Waals surface area contributed by atoms with E-state index >= 15 is 0 Å². The minimum absolute atomic E-state index is 0.0283. The highest BCUT2D eigenvalue weighted by molar-refractivity contribution is 7.27. The van der Waals surface area contributed by atoms with Gasteiger partial charge in [-0.05, 0) is 47.0 Å². The van der Waals surface area contributed by atoms with E-state index in [9.17, 15) is 0 Å². The summed E-state index contributed by atoms with van der Waals surface area (Å²) < 4.78 is 7.66. The van der Waals surface area contributed by atoms with E-state index in [1.54, 1.807) is 0 Å². The van der Waals surface area contributed by atoms with E-state index in [1.807, 2.05) is 22.7 Å². The molecule has 1 aliphatic rings. The molecule has 1 fully saturated rings. The predicted molar refractivity (Wildman–Crippen MR) is 243 cm³/mol. The van der Waals surface area contributed by atoms with Gasteiger partial charge in [-0.1, -0.05) is 152 Å². The van der Waals surface area contributed by atoms with Gasteiger partial charge in [0.25, 0.3) is 0 Å². The molecule has 0 amide bonds. The minimum atomic E-state index is -0.0819. The van der Waals surface area contributed by atoms with Gasteiger partial charge >= 0.3 is 0 Å². The quantitative estimate of drug-likeness (QED) is 0.163. The Morgan fingerprint density at radius 3 is 1.58 bits per heavy atom. The van der Waals surface area contributed by atoms with Crippen molar-refractivity contribution in [3.8, 4) is 16.8 Å². The Bertz CT molecular complexity index is 3210. The molecular weight excluding hydrogens is 733 g/mol. The highest BCUT2D eigenvalue weighted by Gasteiger charge is 2.31. The second-order valence-electron chi connectivity index (χ2n) is 15.0. The molecule has 0 aliphatic carbocycles. The molecule has 0 radical (unpaired) electrons. The standard InChI is InChI=1S/C51H36N4S2/c1-3-14-31(15-4-1)49-52-50(32-16-5-2-6-17-32)54-51(53-49)41-24-13-27-44-46(41)40-23-12-22-39(48(40)56-44)38-21-11-20-37-36-29-28-33(30-45(36)57-47(37)38)55-42-25-9-7-18-34(42)35-19-8-10-26-43(35)55/h1-30,49-54H. The van der Waals surface area contributed by atoms with Crippen LogP contribution in [0.4, 0.5) is 0 Å². The first-order valence-electron chi connectivity index (χ1n) is 19.5. The fourth-order valence-corrected chi connectivity index (χ4v) is 11.7. The van der Waals surface area contributed by atoms with Crippen LogP contribution in [0.2, 0.25) is 0 Å². The molecule has 6 heteroatoms. The maximum Gasteiger partial charge on any atom is 0.0871 e. The summed E-state index contributed by atoms with van der Waals surface area (Å²) in [6.07, 6.45) is -0.139. The van der Waals surface area contributed by atoms with Crippen LogP contribution in [-0.4, -0.2) is 4.57 Å². The Labute approximate surface area is 337 Å². The highest BCUT2D eigenvalue weighted by Crippen LogP contribution is 2.47. The molecule has 2 unspecified atom stereocenters. The molecule has 3 N–H and O–H groups in total. The van der Waals surface area contributed by atoms with E-state index in [0.29, 0.717) is 0 Å². The first-order chi connectivity index (χ1) is 28.3. The lowest BCUT2D eigenvalue weighted by molar-refractivity contribution is 0.204. The number of nitrogens with one attached hydrogen (secondary N) is 3. The van der Waals surface area contributed by atoms with Gasteiger partial charge in [-0.15, -0.1) is 22.7 Å². The maximum atomic E-state index is 3.93. The lowest BCUT2D eigenvalue weighted by atomic mass is 9.97. The third kappa shape index (κ3) is 5.30. The lowest BCUT2D eigenvalue weighted by Crippen LogP contribution is -2.54. The van der Waals surface area contributed by atoms with Crippen LogP contribution < -0.4 is 16.0 Å². The maximum absolute atomic E-state index is 3.93. The Morgan fingerprint density at radius 2 is 0.912 bits per heavy atom. The molecule has 272 valence electrons. The smallest absolute Gasteiger partial charge is 0.0871 e. The van der Waals surface area contributed by atoms with Crippen molar-refractivity contribution >= 4 is 84.8 Å². The zero-order valence-corrected chi connectivity index (χ0v) is 32.4. The third-order valence-corrected chi connectivity index (χ3v) is 14.1. The number of aromatic nitrogens is 1. The Kier molecular flexibility index (Phi) is 7.68. The van der Waals surface area contributed by atoms with Gasteiger partial charge in [0, 0.05) is 67.9 Å². The molecule has 0 spiro atoms. The second kappa shape index (κ2) is 13.2. The van der Waals surface area contributed by atoms with Gasteiger partial charge in [-0.3, -0.25) is 16.0 Å². The molecular formula is C51H36N4S2. The largest absolute Gasteiger partial charge is 0.309 e. The summed E-state index contributed by atoms with van der Waals surface area (Å²) in [6, 6.07) is 66.4. The summed E-state index contributed by atoms with van der Waals surface area (Å²) in [5.41, 5.74) is 9.93. The van der Waals surface area contributed by atoms with Gasteiger partial charge in [-0.25, -0.2) is 0 Å². The lowest BCUT2D eigenvalue weighted by Gasteiger charge is -2.40. The van der Waals surface area contributed by atoms with Crippen LogP contribution in [0.5, 0.6) is 0 Å². The topological polar surface area (TPSA) is 41.0 Å². The number of benzene rings is 8. The Morgan fingerprint density at radius 1 is 0.386 bits per heavy atom. The first-order valence-corrected chi connectivity index (χ1v) is 21.2. The number of hydrogen-bond acceptors (Lipinski definition) is 5. The van der Waals surface area contributed by atoms with Gasteiger partial charge in [0.15, 0.2) is 0 Å². The minimum Gasteiger partial charge on any atom is -0.309 e. The molecule has 57 heavy (non-hydrogen) atoms. The molecule has 8 aromatic carbocycles. The van der Waals surface area contributed by atoms with Crippen molar-refractivity contribution in [2.24, 2.45) is 0 Å². The SMILES string of the molecule is c1ccc(C2NC(c3ccccc3)NC(c3cccc4sc5c(-c6cccc7c6sc6cc(-n8c9ccccc9c9ccccc98)ccc67)cccc5c34)N2)cc1. The Balaban J connectivity index is 0.991. The zero-order chi connectivity index (χ0) is 37.5. The van der Waals surface area contributed by atoms with Crippen molar-refractivity contribution in [2.75, 3.05) is 0 Å². The van der Waals surface area contributed by atoms with Crippen molar-refractivity contribution in [1.29, 1.82) is 0 Å². The first kappa shape index (κ1) is 33.1. The van der Waals surface area contributed by atoms with Crippen LogP contribution in [0.15, 0.2) is 182 Å². The summed E-state index contributed by atoms with van der Waals surface area (Å²) in [4.78, 5) is 0. The molecule has 0 bridgehead atoms. The number of rotatable bonds is 5. The summed E-state index contributed by atoms with van der Waals surface area (Å²) in [5.74, 6) is 0. The third-order valence-electron chi connectivity index (χ3n) is 11.7. The normalized spacial score (nSPS) is 17.4. The molecule has 2 atom stereocenters.